The van der Waals surface area contributed by atoms with E-state index in [2.05, 4.69) is 4.98 Å². The van der Waals surface area contributed by atoms with Crippen molar-refractivity contribution < 1.29 is 9.53 Å². The van der Waals surface area contributed by atoms with Gasteiger partial charge in [0, 0.05) is 12.8 Å². The maximum atomic E-state index is 11.8. The molecular formula is C11H16N2O4. The fourth-order valence-electron chi connectivity index (χ4n) is 1.52. The quantitative estimate of drug-likeness (QED) is 0.743. The minimum absolute atomic E-state index is 0.0201. The lowest BCUT2D eigenvalue weighted by molar-refractivity contribution is 0.0622. The van der Waals surface area contributed by atoms with Crippen molar-refractivity contribution in [1.29, 1.82) is 0 Å². The van der Waals surface area contributed by atoms with Crippen LogP contribution in [0, 0.1) is 0 Å². The van der Waals surface area contributed by atoms with E-state index in [-0.39, 0.29) is 24.0 Å². The van der Waals surface area contributed by atoms with Crippen LogP contribution in [-0.2, 0) is 11.3 Å². The smallest absolute Gasteiger partial charge is 0.328 e. The molecular weight excluding hydrogens is 224 g/mol. The van der Waals surface area contributed by atoms with Gasteiger partial charge in [0.25, 0.3) is 5.56 Å². The largest absolute Gasteiger partial charge is 0.377 e. The van der Waals surface area contributed by atoms with Crippen LogP contribution in [0.5, 0.6) is 0 Å². The number of nitrogens with zero attached hydrogens (tertiary/aromatic N) is 1. The first-order chi connectivity index (χ1) is 7.97. The maximum Gasteiger partial charge on any atom is 0.328 e. The molecule has 0 amide bonds. The molecule has 0 fully saturated rings. The number of carbonyl (C=O) groups excluding carboxylic acids is 1. The summed E-state index contributed by atoms with van der Waals surface area (Å²) in [7, 11) is 0. The second-order valence-electron chi connectivity index (χ2n) is 3.75. The van der Waals surface area contributed by atoms with E-state index in [1.165, 1.54) is 6.92 Å². The van der Waals surface area contributed by atoms with E-state index in [9.17, 15) is 14.4 Å². The lowest BCUT2D eigenvalue weighted by Crippen LogP contribution is -2.40. The average Bonchev–Trinajstić information content (AvgIpc) is 2.24. The Morgan fingerprint density at radius 1 is 1.53 bits per heavy atom. The van der Waals surface area contributed by atoms with E-state index in [1.54, 1.807) is 6.92 Å². The summed E-state index contributed by atoms with van der Waals surface area (Å²) in [6.45, 7) is 5.50. The molecule has 1 atom stereocenters. The van der Waals surface area contributed by atoms with E-state index in [0.29, 0.717) is 6.61 Å². The second-order valence-corrected chi connectivity index (χ2v) is 3.75. The van der Waals surface area contributed by atoms with Crippen LogP contribution in [-0.4, -0.2) is 28.0 Å². The minimum Gasteiger partial charge on any atom is -0.377 e. The predicted molar refractivity (Wildman–Crippen MR) is 62.4 cm³/mol. The zero-order valence-corrected chi connectivity index (χ0v) is 10.1. The number of Topliss-reactive ketones (excluding diaryl/α,β-unsaturated/α-hetero) is 1. The number of nitrogens with one attached hydrogen (secondary N) is 1. The molecule has 0 spiro atoms. The Morgan fingerprint density at radius 2 is 2.18 bits per heavy atom. The molecule has 0 radical (unpaired) electrons. The first kappa shape index (κ1) is 13.4. The van der Waals surface area contributed by atoms with E-state index in [4.69, 9.17) is 4.74 Å². The van der Waals surface area contributed by atoms with E-state index in [1.807, 2.05) is 6.92 Å². The van der Waals surface area contributed by atoms with Gasteiger partial charge >= 0.3 is 5.69 Å². The van der Waals surface area contributed by atoms with Gasteiger partial charge < -0.3 is 9.72 Å². The number of hydrogen-bond donors (Lipinski definition) is 1. The van der Waals surface area contributed by atoms with Crippen molar-refractivity contribution in [2.45, 2.75) is 33.4 Å². The Kier molecular flexibility index (Phi) is 4.39. The van der Waals surface area contributed by atoms with Crippen LogP contribution in [0.4, 0.5) is 0 Å². The number of hydrogen-bond acceptors (Lipinski definition) is 4. The van der Waals surface area contributed by atoms with Crippen LogP contribution in [0.15, 0.2) is 15.8 Å². The highest BCUT2D eigenvalue weighted by atomic mass is 16.5. The third kappa shape index (κ3) is 3.13. The summed E-state index contributed by atoms with van der Waals surface area (Å²) >= 11 is 0. The Morgan fingerprint density at radius 3 is 2.71 bits per heavy atom. The van der Waals surface area contributed by atoms with Crippen molar-refractivity contribution in [1.82, 2.24) is 9.55 Å². The molecule has 1 rings (SSSR count). The molecule has 0 aliphatic carbocycles. The molecule has 0 bridgehead atoms. The van der Waals surface area contributed by atoms with Gasteiger partial charge in [0.2, 0.25) is 0 Å². The molecule has 1 unspecified atom stereocenters. The van der Waals surface area contributed by atoms with Crippen LogP contribution in [0.3, 0.4) is 0 Å². The summed E-state index contributed by atoms with van der Waals surface area (Å²) in [5.41, 5.74) is -1.13. The van der Waals surface area contributed by atoms with Crippen LogP contribution >= 0.6 is 0 Å². The van der Waals surface area contributed by atoms with Crippen LogP contribution in [0.25, 0.3) is 0 Å². The van der Waals surface area contributed by atoms with Crippen molar-refractivity contribution in [2.24, 2.45) is 0 Å². The highest BCUT2D eigenvalue weighted by molar-refractivity contribution is 5.93. The van der Waals surface area contributed by atoms with Crippen molar-refractivity contribution in [3.63, 3.8) is 0 Å². The third-order valence-electron chi connectivity index (χ3n) is 2.33. The summed E-state index contributed by atoms with van der Waals surface area (Å²) in [6, 6.07) is 0. The van der Waals surface area contributed by atoms with E-state index >= 15 is 0 Å². The molecule has 17 heavy (non-hydrogen) atoms. The summed E-state index contributed by atoms with van der Waals surface area (Å²) in [4.78, 5) is 36.9. The van der Waals surface area contributed by atoms with Crippen molar-refractivity contribution in [2.75, 3.05) is 6.61 Å². The number of ketones is 1. The van der Waals surface area contributed by atoms with E-state index < -0.39 is 11.2 Å². The van der Waals surface area contributed by atoms with Crippen LogP contribution in [0.2, 0.25) is 0 Å². The molecule has 0 saturated carbocycles. The van der Waals surface area contributed by atoms with Gasteiger partial charge in [-0.3, -0.25) is 14.2 Å². The zero-order valence-electron chi connectivity index (χ0n) is 10.1. The summed E-state index contributed by atoms with van der Waals surface area (Å²) < 4.78 is 6.24. The van der Waals surface area contributed by atoms with Crippen LogP contribution < -0.4 is 11.2 Å². The number of H-pyrrole nitrogens is 1. The summed E-state index contributed by atoms with van der Waals surface area (Å²) in [5.74, 6) is -0.371. The molecule has 0 aliphatic heterocycles. The monoisotopic (exact) mass is 240 g/mol. The number of rotatable bonds is 5. The fourth-order valence-corrected chi connectivity index (χ4v) is 1.52. The molecule has 94 valence electrons. The van der Waals surface area contributed by atoms with Crippen molar-refractivity contribution in [3.05, 3.63) is 32.6 Å². The first-order valence-corrected chi connectivity index (χ1v) is 5.42. The predicted octanol–water partition coefficient (Wildman–Crippen LogP) is 0.164. The van der Waals surface area contributed by atoms with Gasteiger partial charge in [0.15, 0.2) is 5.78 Å². The molecule has 1 N–H and O–H groups in total. The standard InChI is InChI=1S/C11H16N2O4/c1-4-17-7(2)6-13-10(15)9(8(3)14)5-12-11(13)16/h5,7H,4,6H2,1-3H3,(H,12,16). The SMILES string of the molecule is CCOC(C)Cn1c(=O)[nH]cc(C(C)=O)c1=O. The lowest BCUT2D eigenvalue weighted by Gasteiger charge is -2.12. The van der Waals surface area contributed by atoms with Gasteiger partial charge in [-0.1, -0.05) is 0 Å². The highest BCUT2D eigenvalue weighted by Gasteiger charge is 2.13. The van der Waals surface area contributed by atoms with Gasteiger partial charge in [-0.05, 0) is 20.8 Å². The van der Waals surface area contributed by atoms with E-state index in [0.717, 1.165) is 10.8 Å². The molecule has 6 heteroatoms. The van der Waals surface area contributed by atoms with Gasteiger partial charge in [0.1, 0.15) is 0 Å². The lowest BCUT2D eigenvalue weighted by atomic mass is 10.2. The van der Waals surface area contributed by atoms with Gasteiger partial charge in [-0.2, -0.15) is 0 Å². The first-order valence-electron chi connectivity index (χ1n) is 5.42. The minimum atomic E-state index is -0.576. The highest BCUT2D eigenvalue weighted by Crippen LogP contribution is 1.93. The van der Waals surface area contributed by atoms with Gasteiger partial charge in [-0.15, -0.1) is 0 Å². The van der Waals surface area contributed by atoms with Crippen molar-refractivity contribution in [3.8, 4) is 0 Å². The van der Waals surface area contributed by atoms with Gasteiger partial charge in [-0.25, -0.2) is 4.79 Å². The summed E-state index contributed by atoms with van der Waals surface area (Å²) in [6.07, 6.45) is 0.885. The molecule has 0 aromatic carbocycles. The van der Waals surface area contributed by atoms with Gasteiger partial charge in [0.05, 0.1) is 18.2 Å². The number of aromatic amines is 1. The molecule has 6 nitrogen and oxygen atoms in total. The summed E-state index contributed by atoms with van der Waals surface area (Å²) in [5, 5.41) is 0. The molecule has 1 heterocycles. The Labute approximate surface area is 98.2 Å². The maximum absolute atomic E-state index is 11.8. The normalized spacial score (nSPS) is 12.4. The number of ether oxygens (including phenoxy) is 1. The van der Waals surface area contributed by atoms with Crippen molar-refractivity contribution >= 4 is 5.78 Å². The molecule has 1 aromatic rings. The number of aromatic nitrogens is 2. The Bertz CT molecular complexity index is 515. The fraction of sp³-hybridized carbons (Fsp3) is 0.545. The molecule has 0 saturated heterocycles. The molecule has 0 aliphatic rings. The average molecular weight is 240 g/mol. The molecule has 1 aromatic heterocycles. The zero-order chi connectivity index (χ0) is 13.0. The topological polar surface area (TPSA) is 81.2 Å². The number of carbonyl (C=O) groups is 1. The van der Waals surface area contributed by atoms with Crippen LogP contribution in [0.1, 0.15) is 31.1 Å². The second kappa shape index (κ2) is 5.58. The Hall–Kier alpha value is -1.69. The Balaban J connectivity index is 3.15. The third-order valence-corrected chi connectivity index (χ3v) is 2.33.